The second-order valence-electron chi connectivity index (χ2n) is 6.77. The number of aliphatic imine (C=N–C) groups is 1. The highest BCUT2D eigenvalue weighted by Crippen LogP contribution is 2.19. The van der Waals surface area contributed by atoms with Crippen LogP contribution >= 0.6 is 24.0 Å². The highest BCUT2D eigenvalue weighted by molar-refractivity contribution is 14.0. The lowest BCUT2D eigenvalue weighted by Crippen LogP contribution is -2.40. The molecule has 142 valence electrons. The van der Waals surface area contributed by atoms with Crippen LogP contribution in [0.1, 0.15) is 44.2 Å². The lowest BCUT2D eigenvalue weighted by molar-refractivity contribution is 0.114. The smallest absolute Gasteiger partial charge is 0.193 e. The van der Waals surface area contributed by atoms with Crippen molar-refractivity contribution in [3.8, 4) is 0 Å². The van der Waals surface area contributed by atoms with Crippen LogP contribution in [0.15, 0.2) is 29.3 Å². The summed E-state index contributed by atoms with van der Waals surface area (Å²) in [7, 11) is 0. The van der Waals surface area contributed by atoms with Gasteiger partial charge in [0.2, 0.25) is 0 Å². The quantitative estimate of drug-likeness (QED) is 0.380. The Morgan fingerprint density at radius 1 is 1.32 bits per heavy atom. The molecule has 0 aliphatic carbocycles. The minimum absolute atomic E-state index is 0. The average Bonchev–Trinajstić information content (AvgIpc) is 3.06. The van der Waals surface area contributed by atoms with Crippen molar-refractivity contribution in [2.45, 2.75) is 40.0 Å². The molecule has 1 heterocycles. The molecule has 2 atom stereocenters. The Hall–Kier alpha value is -0.820. The molecule has 1 aliphatic heterocycles. The van der Waals surface area contributed by atoms with E-state index in [-0.39, 0.29) is 24.0 Å². The number of benzene rings is 1. The molecule has 0 aromatic heterocycles. The third kappa shape index (κ3) is 7.13. The Morgan fingerprint density at radius 3 is 2.68 bits per heavy atom. The zero-order chi connectivity index (χ0) is 17.4. The maximum Gasteiger partial charge on any atom is 0.193 e. The fourth-order valence-electron chi connectivity index (χ4n) is 3.10. The van der Waals surface area contributed by atoms with Crippen LogP contribution in [-0.4, -0.2) is 50.3 Å². The van der Waals surface area contributed by atoms with Gasteiger partial charge in [0.25, 0.3) is 0 Å². The minimum Gasteiger partial charge on any atom is -0.381 e. The van der Waals surface area contributed by atoms with Gasteiger partial charge in [0.05, 0.1) is 6.61 Å². The largest absolute Gasteiger partial charge is 0.381 e. The Balaban J connectivity index is 0.00000312. The van der Waals surface area contributed by atoms with E-state index in [1.54, 1.807) is 0 Å². The summed E-state index contributed by atoms with van der Waals surface area (Å²) < 4.78 is 5.58. The van der Waals surface area contributed by atoms with E-state index in [0.29, 0.717) is 11.8 Å². The van der Waals surface area contributed by atoms with Gasteiger partial charge in [0.1, 0.15) is 0 Å². The van der Waals surface area contributed by atoms with Crippen LogP contribution in [-0.2, 0) is 4.74 Å². The van der Waals surface area contributed by atoms with Crippen LogP contribution in [0.2, 0.25) is 0 Å². The van der Waals surface area contributed by atoms with E-state index >= 15 is 0 Å². The van der Waals surface area contributed by atoms with Crippen molar-refractivity contribution in [2.24, 2.45) is 10.9 Å². The first kappa shape index (κ1) is 22.2. The molecule has 5 heteroatoms. The highest BCUT2D eigenvalue weighted by Gasteiger charge is 2.24. The molecule has 0 radical (unpaired) electrons. The summed E-state index contributed by atoms with van der Waals surface area (Å²) in [6.45, 7) is 14.1. The van der Waals surface area contributed by atoms with Gasteiger partial charge in [-0.1, -0.05) is 36.8 Å². The molecule has 0 bridgehead atoms. The van der Waals surface area contributed by atoms with Gasteiger partial charge in [-0.3, -0.25) is 4.99 Å². The zero-order valence-corrected chi connectivity index (χ0v) is 18.5. The van der Waals surface area contributed by atoms with Crippen LogP contribution in [0, 0.1) is 12.8 Å². The van der Waals surface area contributed by atoms with Gasteiger partial charge in [-0.25, -0.2) is 0 Å². The molecule has 0 spiro atoms. The van der Waals surface area contributed by atoms with E-state index in [9.17, 15) is 0 Å². The monoisotopic (exact) mass is 459 g/mol. The van der Waals surface area contributed by atoms with E-state index in [1.165, 1.54) is 17.5 Å². The molecule has 1 N–H and O–H groups in total. The van der Waals surface area contributed by atoms with Crippen molar-refractivity contribution in [3.63, 3.8) is 0 Å². The molecular formula is C20H34IN3O. The molecule has 1 aromatic rings. The maximum absolute atomic E-state index is 5.58. The van der Waals surface area contributed by atoms with Gasteiger partial charge < -0.3 is 15.0 Å². The standard InChI is InChI=1S/C20H33N3O.HI/c1-5-21-20(23-12-11-18(14-23)15-24-6-2)22-13-17(4)19-9-7-16(3)8-10-19;/h7-10,17-18H,5-6,11-15H2,1-4H3,(H,21,22);1H. The van der Waals surface area contributed by atoms with Crippen molar-refractivity contribution < 1.29 is 4.74 Å². The predicted molar refractivity (Wildman–Crippen MR) is 117 cm³/mol. The molecule has 1 fully saturated rings. The second-order valence-corrected chi connectivity index (χ2v) is 6.77. The highest BCUT2D eigenvalue weighted by atomic mass is 127. The number of likely N-dealkylation sites (tertiary alicyclic amines) is 1. The summed E-state index contributed by atoms with van der Waals surface area (Å²) in [6.07, 6.45) is 1.19. The normalized spacial score (nSPS) is 18.8. The van der Waals surface area contributed by atoms with Gasteiger partial charge in [-0.15, -0.1) is 24.0 Å². The predicted octanol–water partition coefficient (Wildman–Crippen LogP) is 4.04. The van der Waals surface area contributed by atoms with Gasteiger partial charge in [0, 0.05) is 44.6 Å². The van der Waals surface area contributed by atoms with Crippen molar-refractivity contribution in [1.82, 2.24) is 10.2 Å². The first-order valence-electron chi connectivity index (χ1n) is 9.31. The topological polar surface area (TPSA) is 36.9 Å². The van der Waals surface area contributed by atoms with Crippen molar-refractivity contribution in [3.05, 3.63) is 35.4 Å². The van der Waals surface area contributed by atoms with Crippen molar-refractivity contribution in [2.75, 3.05) is 39.4 Å². The first-order valence-corrected chi connectivity index (χ1v) is 9.31. The summed E-state index contributed by atoms with van der Waals surface area (Å²) in [5, 5.41) is 3.45. The van der Waals surface area contributed by atoms with Crippen LogP contribution in [0.25, 0.3) is 0 Å². The van der Waals surface area contributed by atoms with Crippen LogP contribution in [0.5, 0.6) is 0 Å². The van der Waals surface area contributed by atoms with Gasteiger partial charge in [-0.05, 0) is 32.8 Å². The first-order chi connectivity index (χ1) is 11.6. The van der Waals surface area contributed by atoms with Crippen LogP contribution < -0.4 is 5.32 Å². The number of hydrogen-bond acceptors (Lipinski definition) is 2. The number of rotatable bonds is 7. The van der Waals surface area contributed by atoms with Gasteiger partial charge in [-0.2, -0.15) is 0 Å². The molecule has 0 amide bonds. The number of guanidine groups is 1. The number of nitrogens with one attached hydrogen (secondary N) is 1. The molecule has 1 aromatic carbocycles. The zero-order valence-electron chi connectivity index (χ0n) is 16.1. The molecule has 1 aliphatic rings. The molecule has 25 heavy (non-hydrogen) atoms. The molecule has 1 saturated heterocycles. The van der Waals surface area contributed by atoms with Crippen molar-refractivity contribution >= 4 is 29.9 Å². The third-order valence-corrected chi connectivity index (χ3v) is 4.64. The Morgan fingerprint density at radius 2 is 2.04 bits per heavy atom. The van der Waals surface area contributed by atoms with Crippen LogP contribution in [0.3, 0.4) is 0 Å². The summed E-state index contributed by atoms with van der Waals surface area (Å²) in [4.78, 5) is 7.28. The lowest BCUT2D eigenvalue weighted by atomic mass is 10.0. The van der Waals surface area contributed by atoms with Crippen LogP contribution in [0.4, 0.5) is 0 Å². The molecule has 0 saturated carbocycles. The molecule has 2 unspecified atom stereocenters. The summed E-state index contributed by atoms with van der Waals surface area (Å²) >= 11 is 0. The number of hydrogen-bond donors (Lipinski definition) is 1. The number of nitrogens with zero attached hydrogens (tertiary/aromatic N) is 2. The molecular weight excluding hydrogens is 425 g/mol. The average molecular weight is 459 g/mol. The van der Waals surface area contributed by atoms with E-state index in [2.05, 4.69) is 62.2 Å². The number of halogens is 1. The summed E-state index contributed by atoms with van der Waals surface area (Å²) in [6, 6.07) is 8.80. The SMILES string of the molecule is CCNC(=NCC(C)c1ccc(C)cc1)N1CCC(COCC)C1.I. The Labute approximate surface area is 170 Å². The van der Waals surface area contributed by atoms with E-state index in [0.717, 1.165) is 45.4 Å². The van der Waals surface area contributed by atoms with E-state index in [1.807, 2.05) is 0 Å². The Kier molecular flexibility index (Phi) is 10.4. The maximum atomic E-state index is 5.58. The van der Waals surface area contributed by atoms with E-state index < -0.39 is 0 Å². The van der Waals surface area contributed by atoms with E-state index in [4.69, 9.17) is 9.73 Å². The lowest BCUT2D eigenvalue weighted by Gasteiger charge is -2.22. The summed E-state index contributed by atoms with van der Waals surface area (Å²) in [5.41, 5.74) is 2.66. The number of aryl methyl sites for hydroxylation is 1. The van der Waals surface area contributed by atoms with Crippen molar-refractivity contribution in [1.29, 1.82) is 0 Å². The fourth-order valence-corrected chi connectivity index (χ4v) is 3.10. The summed E-state index contributed by atoms with van der Waals surface area (Å²) in [5.74, 6) is 2.11. The van der Waals surface area contributed by atoms with Gasteiger partial charge in [0.15, 0.2) is 5.96 Å². The number of ether oxygens (including phenoxy) is 1. The fraction of sp³-hybridized carbons (Fsp3) is 0.650. The molecule has 4 nitrogen and oxygen atoms in total. The third-order valence-electron chi connectivity index (χ3n) is 4.64. The Bertz CT molecular complexity index is 518. The minimum atomic E-state index is 0. The molecule has 2 rings (SSSR count). The van der Waals surface area contributed by atoms with Gasteiger partial charge >= 0.3 is 0 Å². The second kappa shape index (κ2) is 11.7.